The number of hydrogen-bond acceptors (Lipinski definition) is 5. The quantitative estimate of drug-likeness (QED) is 0.725. The lowest BCUT2D eigenvalue weighted by atomic mass is 10.1. The molecule has 0 fully saturated rings. The van der Waals surface area contributed by atoms with Gasteiger partial charge in [-0.3, -0.25) is 9.59 Å². The van der Waals surface area contributed by atoms with Crippen LogP contribution in [0.3, 0.4) is 0 Å². The van der Waals surface area contributed by atoms with Crippen molar-refractivity contribution < 1.29 is 9.53 Å². The lowest BCUT2D eigenvalue weighted by molar-refractivity contribution is 0.0955. The first kappa shape index (κ1) is 17.9. The van der Waals surface area contributed by atoms with Crippen LogP contribution < -0.4 is 15.6 Å². The van der Waals surface area contributed by atoms with Gasteiger partial charge in [0.25, 0.3) is 11.5 Å². The molecule has 7 heteroatoms. The summed E-state index contributed by atoms with van der Waals surface area (Å²) in [5.74, 6) is 0.621. The van der Waals surface area contributed by atoms with Crippen LogP contribution in [0.15, 0.2) is 52.6 Å². The fourth-order valence-corrected chi connectivity index (χ4v) is 3.25. The molecule has 0 radical (unpaired) electrons. The second-order valence-electron chi connectivity index (χ2n) is 5.75. The van der Waals surface area contributed by atoms with Crippen molar-refractivity contribution in [2.45, 2.75) is 13.5 Å². The first-order valence-corrected chi connectivity index (χ1v) is 9.01. The lowest BCUT2D eigenvalue weighted by Crippen LogP contribution is -2.31. The highest BCUT2D eigenvalue weighted by Crippen LogP contribution is 2.19. The number of nitrogens with one attached hydrogen (secondary N) is 1. The monoisotopic (exact) mass is 369 g/mol. The number of benzene rings is 1. The summed E-state index contributed by atoms with van der Waals surface area (Å²) in [5.41, 5.74) is 2.43. The van der Waals surface area contributed by atoms with Gasteiger partial charge in [0.2, 0.25) is 0 Å². The standard InChI is InChI=1S/C19H19N3O3S/c1-13-11-17(26-12-13)19(24)20-9-10-22-18(23)8-7-16(21-22)14-3-5-15(25-2)6-4-14/h3-8,11-12H,9-10H2,1-2H3,(H,20,24). The van der Waals surface area contributed by atoms with Crippen molar-refractivity contribution in [1.29, 1.82) is 0 Å². The summed E-state index contributed by atoms with van der Waals surface area (Å²) in [6, 6.07) is 12.5. The molecule has 1 N–H and O–H groups in total. The Balaban J connectivity index is 1.67. The van der Waals surface area contributed by atoms with Crippen molar-refractivity contribution in [2.75, 3.05) is 13.7 Å². The molecule has 3 aromatic rings. The van der Waals surface area contributed by atoms with E-state index in [2.05, 4.69) is 10.4 Å². The van der Waals surface area contributed by atoms with Crippen molar-refractivity contribution in [3.8, 4) is 17.0 Å². The Labute approximate surface area is 155 Å². The van der Waals surface area contributed by atoms with Crippen molar-refractivity contribution in [1.82, 2.24) is 15.1 Å². The number of nitrogens with zero attached hydrogens (tertiary/aromatic N) is 2. The van der Waals surface area contributed by atoms with E-state index in [1.807, 2.05) is 42.6 Å². The van der Waals surface area contributed by atoms with E-state index in [1.165, 1.54) is 22.1 Å². The molecule has 0 unspecified atom stereocenters. The van der Waals surface area contributed by atoms with Crippen LogP contribution in [0.2, 0.25) is 0 Å². The minimum absolute atomic E-state index is 0.137. The zero-order chi connectivity index (χ0) is 18.5. The molecule has 0 saturated carbocycles. The maximum absolute atomic E-state index is 12.1. The number of hydrogen-bond donors (Lipinski definition) is 1. The Kier molecular flexibility index (Phi) is 5.48. The Morgan fingerprint density at radius 2 is 2.00 bits per heavy atom. The van der Waals surface area contributed by atoms with Crippen LogP contribution in [0.1, 0.15) is 15.2 Å². The molecular weight excluding hydrogens is 350 g/mol. The van der Waals surface area contributed by atoms with Gasteiger partial charge < -0.3 is 10.1 Å². The molecule has 1 aromatic carbocycles. The second-order valence-corrected chi connectivity index (χ2v) is 6.66. The number of aromatic nitrogens is 2. The topological polar surface area (TPSA) is 73.2 Å². The number of rotatable bonds is 6. The fourth-order valence-electron chi connectivity index (χ4n) is 2.44. The predicted octanol–water partition coefficient (Wildman–Crippen LogP) is 2.72. The molecule has 1 amide bonds. The van der Waals surface area contributed by atoms with Gasteiger partial charge >= 0.3 is 0 Å². The predicted molar refractivity (Wildman–Crippen MR) is 102 cm³/mol. The first-order valence-electron chi connectivity index (χ1n) is 8.13. The van der Waals surface area contributed by atoms with Crippen LogP contribution in [-0.4, -0.2) is 29.3 Å². The summed E-state index contributed by atoms with van der Waals surface area (Å²) in [4.78, 5) is 24.7. The van der Waals surface area contributed by atoms with E-state index in [0.29, 0.717) is 23.7 Å². The molecular formula is C19H19N3O3S. The Bertz CT molecular complexity index is 961. The van der Waals surface area contributed by atoms with Crippen molar-refractivity contribution in [3.63, 3.8) is 0 Å². The van der Waals surface area contributed by atoms with Gasteiger partial charge in [-0.05, 0) is 54.3 Å². The smallest absolute Gasteiger partial charge is 0.266 e. The number of carbonyl (C=O) groups excluding carboxylic acids is 1. The lowest BCUT2D eigenvalue weighted by Gasteiger charge is -2.08. The van der Waals surface area contributed by atoms with Crippen LogP contribution in [0.4, 0.5) is 0 Å². The van der Waals surface area contributed by atoms with E-state index in [4.69, 9.17) is 4.74 Å². The molecule has 0 aliphatic carbocycles. The van der Waals surface area contributed by atoms with Gasteiger partial charge in [-0.1, -0.05) is 0 Å². The van der Waals surface area contributed by atoms with Gasteiger partial charge in [0.15, 0.2) is 0 Å². The number of aryl methyl sites for hydroxylation is 1. The average Bonchev–Trinajstić information content (AvgIpc) is 3.10. The van der Waals surface area contributed by atoms with E-state index in [1.54, 1.807) is 13.2 Å². The van der Waals surface area contributed by atoms with E-state index in [-0.39, 0.29) is 11.5 Å². The summed E-state index contributed by atoms with van der Waals surface area (Å²) >= 11 is 1.40. The number of amides is 1. The highest BCUT2D eigenvalue weighted by molar-refractivity contribution is 7.12. The van der Waals surface area contributed by atoms with Crippen molar-refractivity contribution >= 4 is 17.2 Å². The summed E-state index contributed by atoms with van der Waals surface area (Å²) in [5, 5.41) is 9.13. The zero-order valence-corrected chi connectivity index (χ0v) is 15.4. The summed E-state index contributed by atoms with van der Waals surface area (Å²) in [6.07, 6.45) is 0. The third-order valence-corrected chi connectivity index (χ3v) is 4.86. The molecule has 26 heavy (non-hydrogen) atoms. The van der Waals surface area contributed by atoms with E-state index >= 15 is 0 Å². The fraction of sp³-hybridized carbons (Fsp3) is 0.211. The van der Waals surface area contributed by atoms with Gasteiger partial charge in [-0.15, -0.1) is 11.3 Å². The SMILES string of the molecule is COc1ccc(-c2ccc(=O)n(CCNC(=O)c3cc(C)cs3)n2)cc1. The number of methoxy groups -OCH3 is 1. The minimum atomic E-state index is -0.205. The maximum Gasteiger partial charge on any atom is 0.266 e. The van der Waals surface area contributed by atoms with Gasteiger partial charge in [0.05, 0.1) is 24.2 Å². The van der Waals surface area contributed by atoms with Crippen LogP contribution in [0.25, 0.3) is 11.3 Å². The molecule has 0 spiro atoms. The molecule has 6 nitrogen and oxygen atoms in total. The second kappa shape index (κ2) is 7.97. The van der Waals surface area contributed by atoms with Crippen LogP contribution >= 0.6 is 11.3 Å². The summed E-state index contributed by atoms with van der Waals surface area (Å²) < 4.78 is 6.51. The molecule has 0 saturated heterocycles. The normalized spacial score (nSPS) is 10.5. The molecule has 0 aliphatic heterocycles. The third kappa shape index (κ3) is 4.18. The number of ether oxygens (including phenoxy) is 1. The van der Waals surface area contributed by atoms with E-state index < -0.39 is 0 Å². The minimum Gasteiger partial charge on any atom is -0.497 e. The average molecular weight is 369 g/mol. The van der Waals surface area contributed by atoms with Gasteiger partial charge in [-0.25, -0.2) is 4.68 Å². The van der Waals surface area contributed by atoms with Crippen molar-refractivity contribution in [3.05, 3.63) is 68.6 Å². The molecule has 134 valence electrons. The molecule has 2 aromatic heterocycles. The molecule has 3 rings (SSSR count). The maximum atomic E-state index is 12.1. The highest BCUT2D eigenvalue weighted by atomic mass is 32.1. The molecule has 2 heterocycles. The summed E-state index contributed by atoms with van der Waals surface area (Å²) in [7, 11) is 1.61. The van der Waals surface area contributed by atoms with E-state index in [0.717, 1.165) is 16.9 Å². The Morgan fingerprint density at radius 1 is 1.23 bits per heavy atom. The Hall–Kier alpha value is -2.93. The van der Waals surface area contributed by atoms with Crippen LogP contribution in [0, 0.1) is 6.92 Å². The molecule has 0 aliphatic rings. The summed E-state index contributed by atoms with van der Waals surface area (Å²) in [6.45, 7) is 2.58. The molecule has 0 atom stereocenters. The zero-order valence-electron chi connectivity index (χ0n) is 14.6. The third-order valence-electron chi connectivity index (χ3n) is 3.82. The van der Waals surface area contributed by atoms with Gasteiger partial charge in [0, 0.05) is 18.2 Å². The van der Waals surface area contributed by atoms with Gasteiger partial charge in [0.1, 0.15) is 5.75 Å². The Morgan fingerprint density at radius 3 is 2.65 bits per heavy atom. The van der Waals surface area contributed by atoms with Crippen LogP contribution in [0.5, 0.6) is 5.75 Å². The number of carbonyl (C=O) groups is 1. The highest BCUT2D eigenvalue weighted by Gasteiger charge is 2.08. The largest absolute Gasteiger partial charge is 0.497 e. The van der Waals surface area contributed by atoms with E-state index in [9.17, 15) is 9.59 Å². The van der Waals surface area contributed by atoms with Gasteiger partial charge in [-0.2, -0.15) is 5.10 Å². The first-order chi connectivity index (χ1) is 12.6. The van der Waals surface area contributed by atoms with Crippen molar-refractivity contribution in [2.24, 2.45) is 0 Å². The van der Waals surface area contributed by atoms with Crippen LogP contribution in [-0.2, 0) is 6.54 Å². The number of thiophene rings is 1. The molecule has 0 bridgehead atoms.